The van der Waals surface area contributed by atoms with Crippen molar-refractivity contribution in [3.05, 3.63) is 35.3 Å². The zero-order valence-electron chi connectivity index (χ0n) is 11.7. The van der Waals surface area contributed by atoms with Gasteiger partial charge in [0, 0.05) is 12.7 Å². The zero-order chi connectivity index (χ0) is 14.1. The minimum absolute atomic E-state index is 0.0100. The van der Waals surface area contributed by atoms with Crippen molar-refractivity contribution in [3.8, 4) is 0 Å². The van der Waals surface area contributed by atoms with Gasteiger partial charge in [-0.3, -0.25) is 9.69 Å². The Balaban J connectivity index is 2.02. The van der Waals surface area contributed by atoms with Crippen molar-refractivity contribution in [2.45, 2.75) is 32.7 Å². The first kappa shape index (κ1) is 13.1. The van der Waals surface area contributed by atoms with Crippen LogP contribution in [0.3, 0.4) is 0 Å². The number of carboxylic acids is 1. The lowest BCUT2D eigenvalue weighted by atomic mass is 10.2. The maximum absolute atomic E-state index is 11.0. The molecule has 0 amide bonds. The first-order valence-corrected chi connectivity index (χ1v) is 7.04. The van der Waals surface area contributed by atoms with Gasteiger partial charge < -0.3 is 9.51 Å². The molecule has 0 aromatic carbocycles. The Kier molecular flexibility index (Phi) is 3.44. The number of hydrogen-bond donors (Lipinski definition) is 1. The maximum Gasteiger partial charge on any atom is 0.309 e. The van der Waals surface area contributed by atoms with Crippen LogP contribution in [-0.2, 0) is 17.8 Å². The minimum atomic E-state index is -0.826. The van der Waals surface area contributed by atoms with E-state index >= 15 is 0 Å². The van der Waals surface area contributed by atoms with Gasteiger partial charge in [-0.2, -0.15) is 0 Å². The Morgan fingerprint density at radius 1 is 1.40 bits per heavy atom. The predicted molar refractivity (Wildman–Crippen MR) is 75.8 cm³/mol. The largest absolute Gasteiger partial charge is 0.481 e. The first-order chi connectivity index (χ1) is 9.63. The van der Waals surface area contributed by atoms with Gasteiger partial charge in [-0.25, -0.2) is 4.98 Å². The van der Waals surface area contributed by atoms with Crippen LogP contribution in [-0.4, -0.2) is 38.4 Å². The summed E-state index contributed by atoms with van der Waals surface area (Å²) in [5, 5.41) is 9.07. The Morgan fingerprint density at radius 3 is 2.85 bits per heavy atom. The number of likely N-dealkylation sites (tertiary alicyclic amines) is 1. The average Bonchev–Trinajstić information content (AvgIpc) is 2.98. The lowest BCUT2D eigenvalue weighted by Gasteiger charge is -2.15. The summed E-state index contributed by atoms with van der Waals surface area (Å²) >= 11 is 0. The van der Waals surface area contributed by atoms with Crippen LogP contribution >= 0.6 is 0 Å². The SMILES string of the molecule is Cc1ccn2c(CN3CCCC3)c(CC(=O)O)nc2c1. The van der Waals surface area contributed by atoms with Crippen molar-refractivity contribution in [2.24, 2.45) is 0 Å². The number of fused-ring (bicyclic) bond motifs is 1. The van der Waals surface area contributed by atoms with Crippen molar-refractivity contribution in [1.82, 2.24) is 14.3 Å². The van der Waals surface area contributed by atoms with Gasteiger partial charge in [0.2, 0.25) is 0 Å². The van der Waals surface area contributed by atoms with Crippen molar-refractivity contribution in [1.29, 1.82) is 0 Å². The van der Waals surface area contributed by atoms with Crippen LogP contribution in [0, 0.1) is 6.92 Å². The van der Waals surface area contributed by atoms with E-state index in [-0.39, 0.29) is 6.42 Å². The zero-order valence-corrected chi connectivity index (χ0v) is 11.7. The van der Waals surface area contributed by atoms with E-state index in [0.717, 1.165) is 36.5 Å². The highest BCUT2D eigenvalue weighted by molar-refractivity contribution is 5.70. The number of aromatic nitrogens is 2. The summed E-state index contributed by atoms with van der Waals surface area (Å²) < 4.78 is 2.03. The number of hydrogen-bond acceptors (Lipinski definition) is 3. The third-order valence-corrected chi connectivity index (χ3v) is 3.85. The molecule has 1 aliphatic rings. The third-order valence-electron chi connectivity index (χ3n) is 3.85. The molecular weight excluding hydrogens is 254 g/mol. The van der Waals surface area contributed by atoms with Crippen LogP contribution in [0.4, 0.5) is 0 Å². The molecule has 0 atom stereocenters. The molecule has 3 heterocycles. The van der Waals surface area contributed by atoms with Gasteiger partial charge >= 0.3 is 5.97 Å². The Bertz CT molecular complexity index is 642. The monoisotopic (exact) mass is 273 g/mol. The summed E-state index contributed by atoms with van der Waals surface area (Å²) in [7, 11) is 0. The van der Waals surface area contributed by atoms with E-state index in [2.05, 4.69) is 9.88 Å². The molecule has 0 aliphatic carbocycles. The Morgan fingerprint density at radius 2 is 2.15 bits per heavy atom. The number of carboxylic acid groups (broad SMARTS) is 1. The molecule has 1 N–H and O–H groups in total. The second kappa shape index (κ2) is 5.25. The Labute approximate surface area is 117 Å². The highest BCUT2D eigenvalue weighted by Gasteiger charge is 2.19. The predicted octanol–water partition coefficient (Wildman–Crippen LogP) is 1.87. The van der Waals surface area contributed by atoms with E-state index < -0.39 is 5.97 Å². The van der Waals surface area contributed by atoms with E-state index in [1.165, 1.54) is 12.8 Å². The fourth-order valence-corrected chi connectivity index (χ4v) is 2.85. The van der Waals surface area contributed by atoms with Crippen molar-refractivity contribution in [2.75, 3.05) is 13.1 Å². The van der Waals surface area contributed by atoms with E-state index in [1.54, 1.807) is 0 Å². The molecule has 5 nitrogen and oxygen atoms in total. The lowest BCUT2D eigenvalue weighted by molar-refractivity contribution is -0.136. The fourth-order valence-electron chi connectivity index (χ4n) is 2.85. The number of pyridine rings is 1. The summed E-state index contributed by atoms with van der Waals surface area (Å²) in [6.07, 6.45) is 4.44. The summed E-state index contributed by atoms with van der Waals surface area (Å²) in [6.45, 7) is 4.98. The quantitative estimate of drug-likeness (QED) is 0.924. The van der Waals surface area contributed by atoms with E-state index in [4.69, 9.17) is 5.11 Å². The summed E-state index contributed by atoms with van der Waals surface area (Å²) in [4.78, 5) is 17.9. The van der Waals surface area contributed by atoms with Crippen molar-refractivity contribution < 1.29 is 9.90 Å². The first-order valence-electron chi connectivity index (χ1n) is 7.04. The number of aliphatic carboxylic acids is 1. The molecule has 2 aromatic heterocycles. The molecule has 0 bridgehead atoms. The molecular formula is C15H19N3O2. The lowest BCUT2D eigenvalue weighted by Crippen LogP contribution is -2.20. The molecule has 1 saturated heterocycles. The van der Waals surface area contributed by atoms with Crippen LogP contribution in [0.1, 0.15) is 29.8 Å². The normalized spacial score (nSPS) is 16.1. The van der Waals surface area contributed by atoms with E-state index in [1.807, 2.05) is 29.7 Å². The molecule has 106 valence electrons. The molecule has 1 aliphatic heterocycles. The fraction of sp³-hybridized carbons (Fsp3) is 0.467. The molecule has 2 aromatic rings. The topological polar surface area (TPSA) is 57.8 Å². The summed E-state index contributed by atoms with van der Waals surface area (Å²) in [5.74, 6) is -0.826. The molecule has 0 saturated carbocycles. The van der Waals surface area contributed by atoms with Gasteiger partial charge in [-0.05, 0) is 50.6 Å². The highest BCUT2D eigenvalue weighted by atomic mass is 16.4. The van der Waals surface area contributed by atoms with Crippen LogP contribution in [0.5, 0.6) is 0 Å². The standard InChI is InChI=1S/C15H19N3O2/c1-11-4-7-18-13(10-17-5-2-3-6-17)12(9-15(19)20)16-14(18)8-11/h4,7-8H,2-3,5-6,9-10H2,1H3,(H,19,20). The van der Waals surface area contributed by atoms with Gasteiger partial charge in [0.25, 0.3) is 0 Å². The summed E-state index contributed by atoms with van der Waals surface area (Å²) in [6, 6.07) is 4.03. The molecule has 0 unspecified atom stereocenters. The molecule has 0 radical (unpaired) electrons. The molecule has 1 fully saturated rings. The molecule has 20 heavy (non-hydrogen) atoms. The number of carbonyl (C=O) groups is 1. The number of nitrogens with zero attached hydrogens (tertiary/aromatic N) is 3. The van der Waals surface area contributed by atoms with Gasteiger partial charge in [-0.15, -0.1) is 0 Å². The second-order valence-corrected chi connectivity index (χ2v) is 5.49. The van der Waals surface area contributed by atoms with Crippen molar-refractivity contribution >= 4 is 11.6 Å². The number of aryl methyl sites for hydroxylation is 1. The Hall–Kier alpha value is -1.88. The average molecular weight is 273 g/mol. The van der Waals surface area contributed by atoms with E-state index in [0.29, 0.717) is 5.69 Å². The summed E-state index contributed by atoms with van der Waals surface area (Å²) in [5.41, 5.74) is 3.69. The molecule has 0 spiro atoms. The second-order valence-electron chi connectivity index (χ2n) is 5.49. The van der Waals surface area contributed by atoms with E-state index in [9.17, 15) is 4.79 Å². The maximum atomic E-state index is 11.0. The molecule has 5 heteroatoms. The van der Waals surface area contributed by atoms with Gasteiger partial charge in [-0.1, -0.05) is 0 Å². The van der Waals surface area contributed by atoms with Gasteiger partial charge in [0.15, 0.2) is 0 Å². The third kappa shape index (κ3) is 2.54. The van der Waals surface area contributed by atoms with Crippen LogP contribution in [0.2, 0.25) is 0 Å². The van der Waals surface area contributed by atoms with Crippen molar-refractivity contribution in [3.63, 3.8) is 0 Å². The van der Waals surface area contributed by atoms with Crippen LogP contribution in [0.25, 0.3) is 5.65 Å². The van der Waals surface area contributed by atoms with Crippen LogP contribution < -0.4 is 0 Å². The van der Waals surface area contributed by atoms with Gasteiger partial charge in [0.05, 0.1) is 17.8 Å². The van der Waals surface area contributed by atoms with Crippen LogP contribution in [0.15, 0.2) is 18.3 Å². The van der Waals surface area contributed by atoms with Gasteiger partial charge in [0.1, 0.15) is 5.65 Å². The smallest absolute Gasteiger partial charge is 0.309 e. The number of imidazole rings is 1. The molecule has 3 rings (SSSR count). The number of rotatable bonds is 4. The minimum Gasteiger partial charge on any atom is -0.481 e. The highest BCUT2D eigenvalue weighted by Crippen LogP contribution is 2.19.